The fraction of sp³-hybridized carbons (Fsp3) is 0.0455. The van der Waals surface area contributed by atoms with Crippen molar-refractivity contribution in [2.45, 2.75) is 0 Å². The van der Waals surface area contributed by atoms with Crippen LogP contribution in [-0.2, 0) is 0 Å². The molecule has 3 nitrogen and oxygen atoms in total. The number of anilines is 1. The van der Waals surface area contributed by atoms with Crippen LogP contribution in [0, 0.1) is 0 Å². The van der Waals surface area contributed by atoms with E-state index in [1.165, 1.54) is 5.56 Å². The number of nitrogens with zero attached hydrogens (tertiary/aromatic N) is 1. The molecule has 0 radical (unpaired) electrons. The zero-order valence-corrected chi connectivity index (χ0v) is 13.7. The number of oxazole rings is 1. The summed E-state index contributed by atoms with van der Waals surface area (Å²) < 4.78 is 5.80. The van der Waals surface area contributed by atoms with Crippen molar-refractivity contribution in [1.29, 1.82) is 0 Å². The Labute approximate surface area is 146 Å². The fourth-order valence-corrected chi connectivity index (χ4v) is 2.66. The molecule has 3 aromatic carbocycles. The van der Waals surface area contributed by atoms with Crippen molar-refractivity contribution < 1.29 is 4.42 Å². The molecule has 0 aliphatic rings. The molecule has 122 valence electrons. The van der Waals surface area contributed by atoms with E-state index < -0.39 is 0 Å². The third-order valence-electron chi connectivity index (χ3n) is 3.96. The number of nitrogens with one attached hydrogen (secondary N) is 1. The van der Waals surface area contributed by atoms with Crippen LogP contribution in [0.2, 0.25) is 0 Å². The Bertz CT molecular complexity index is 952. The van der Waals surface area contributed by atoms with E-state index in [-0.39, 0.29) is 0 Å². The van der Waals surface area contributed by atoms with E-state index in [0.717, 1.165) is 28.9 Å². The summed E-state index contributed by atoms with van der Waals surface area (Å²) in [5.74, 6) is 0.650. The van der Waals surface area contributed by atoms with Crippen molar-refractivity contribution in [3.05, 3.63) is 90.5 Å². The first-order valence-corrected chi connectivity index (χ1v) is 8.30. The van der Waals surface area contributed by atoms with Gasteiger partial charge in [0.25, 0.3) is 0 Å². The Morgan fingerprint density at radius 3 is 2.40 bits per heavy atom. The van der Waals surface area contributed by atoms with Crippen molar-refractivity contribution >= 4 is 22.9 Å². The van der Waals surface area contributed by atoms with Gasteiger partial charge in [0, 0.05) is 17.8 Å². The smallest absolute Gasteiger partial charge is 0.227 e. The van der Waals surface area contributed by atoms with Gasteiger partial charge in [-0.15, -0.1) is 0 Å². The average molecular weight is 326 g/mol. The number of para-hydroxylation sites is 2. The Morgan fingerprint density at radius 2 is 1.60 bits per heavy atom. The van der Waals surface area contributed by atoms with Crippen LogP contribution in [0.25, 0.3) is 28.6 Å². The highest BCUT2D eigenvalue weighted by Gasteiger charge is 2.07. The third-order valence-corrected chi connectivity index (χ3v) is 3.96. The summed E-state index contributed by atoms with van der Waals surface area (Å²) in [5.41, 5.74) is 4.94. The summed E-state index contributed by atoms with van der Waals surface area (Å²) in [4.78, 5) is 4.52. The zero-order valence-electron chi connectivity index (χ0n) is 13.7. The van der Waals surface area contributed by atoms with Gasteiger partial charge >= 0.3 is 0 Å². The van der Waals surface area contributed by atoms with E-state index in [4.69, 9.17) is 4.42 Å². The second-order valence-electron chi connectivity index (χ2n) is 5.76. The first-order chi connectivity index (χ1) is 12.4. The second-order valence-corrected chi connectivity index (χ2v) is 5.76. The van der Waals surface area contributed by atoms with Crippen molar-refractivity contribution in [2.24, 2.45) is 0 Å². The van der Waals surface area contributed by atoms with Gasteiger partial charge in [0.15, 0.2) is 5.58 Å². The van der Waals surface area contributed by atoms with E-state index >= 15 is 0 Å². The Kier molecular flexibility index (Phi) is 4.29. The lowest BCUT2D eigenvalue weighted by atomic mass is 10.2. The van der Waals surface area contributed by atoms with Crippen LogP contribution < -0.4 is 5.32 Å². The van der Waals surface area contributed by atoms with E-state index in [2.05, 4.69) is 34.6 Å². The van der Waals surface area contributed by atoms with E-state index in [1.54, 1.807) is 0 Å². The molecule has 0 saturated heterocycles. The SMILES string of the molecule is C(=C\c1ccccc1)/CNc1ccc(-c2nc3ccccc3o2)cc1. The molecule has 0 aliphatic heterocycles. The van der Waals surface area contributed by atoms with Gasteiger partial charge in [-0.1, -0.05) is 54.6 Å². The summed E-state index contributed by atoms with van der Waals surface area (Å²) in [5, 5.41) is 3.38. The number of aromatic nitrogens is 1. The summed E-state index contributed by atoms with van der Waals surface area (Å²) in [6.07, 6.45) is 4.23. The summed E-state index contributed by atoms with van der Waals surface area (Å²) in [6, 6.07) is 26.2. The molecule has 0 amide bonds. The quantitative estimate of drug-likeness (QED) is 0.517. The lowest BCUT2D eigenvalue weighted by Gasteiger charge is -2.03. The molecule has 0 bridgehead atoms. The Hall–Kier alpha value is -3.33. The molecule has 3 heteroatoms. The molecular weight excluding hydrogens is 308 g/mol. The molecule has 0 atom stereocenters. The van der Waals surface area contributed by atoms with Gasteiger partial charge in [-0.05, 0) is 42.0 Å². The maximum Gasteiger partial charge on any atom is 0.227 e. The average Bonchev–Trinajstić information content (AvgIpc) is 3.11. The maximum absolute atomic E-state index is 5.80. The first-order valence-electron chi connectivity index (χ1n) is 8.30. The zero-order chi connectivity index (χ0) is 16.9. The van der Waals surface area contributed by atoms with Crippen molar-refractivity contribution in [2.75, 3.05) is 11.9 Å². The molecule has 0 fully saturated rings. The topological polar surface area (TPSA) is 38.1 Å². The number of benzene rings is 3. The largest absolute Gasteiger partial charge is 0.436 e. The summed E-state index contributed by atoms with van der Waals surface area (Å²) in [6.45, 7) is 0.775. The van der Waals surface area contributed by atoms with Crippen LogP contribution in [0.1, 0.15) is 5.56 Å². The van der Waals surface area contributed by atoms with E-state index in [0.29, 0.717) is 5.89 Å². The lowest BCUT2D eigenvalue weighted by Crippen LogP contribution is -1.97. The molecule has 25 heavy (non-hydrogen) atoms. The van der Waals surface area contributed by atoms with Gasteiger partial charge in [0.2, 0.25) is 5.89 Å². The molecule has 4 rings (SSSR count). The highest BCUT2D eigenvalue weighted by atomic mass is 16.3. The minimum atomic E-state index is 0.650. The molecule has 4 aromatic rings. The van der Waals surface area contributed by atoms with Gasteiger partial charge in [0.05, 0.1) is 0 Å². The first kappa shape index (κ1) is 15.2. The highest BCUT2D eigenvalue weighted by Crippen LogP contribution is 2.25. The number of hydrogen-bond acceptors (Lipinski definition) is 3. The fourth-order valence-electron chi connectivity index (χ4n) is 2.66. The molecule has 0 unspecified atom stereocenters. The van der Waals surface area contributed by atoms with Crippen LogP contribution in [-0.4, -0.2) is 11.5 Å². The minimum Gasteiger partial charge on any atom is -0.436 e. The second kappa shape index (κ2) is 7.05. The summed E-state index contributed by atoms with van der Waals surface area (Å²) >= 11 is 0. The standard InChI is InChI=1S/C22H18N2O/c1-2-7-17(8-3-1)9-6-16-23-19-14-12-18(13-15-19)22-24-20-10-4-5-11-21(20)25-22/h1-15,23H,16H2/b9-6+. The third kappa shape index (κ3) is 3.61. The maximum atomic E-state index is 5.80. The predicted molar refractivity (Wildman–Crippen MR) is 103 cm³/mol. The van der Waals surface area contributed by atoms with Gasteiger partial charge < -0.3 is 9.73 Å². The van der Waals surface area contributed by atoms with Gasteiger partial charge in [-0.2, -0.15) is 0 Å². The molecule has 1 aromatic heterocycles. The predicted octanol–water partition coefficient (Wildman–Crippen LogP) is 5.62. The van der Waals surface area contributed by atoms with Crippen molar-refractivity contribution in [1.82, 2.24) is 4.98 Å². The number of fused-ring (bicyclic) bond motifs is 1. The highest BCUT2D eigenvalue weighted by molar-refractivity contribution is 5.76. The van der Waals surface area contributed by atoms with Gasteiger partial charge in [-0.3, -0.25) is 0 Å². The normalized spacial score (nSPS) is 11.2. The minimum absolute atomic E-state index is 0.650. The van der Waals surface area contributed by atoms with Crippen molar-refractivity contribution in [3.8, 4) is 11.5 Å². The van der Waals surface area contributed by atoms with Crippen LogP contribution in [0.5, 0.6) is 0 Å². The molecule has 0 saturated carbocycles. The Morgan fingerprint density at radius 1 is 0.840 bits per heavy atom. The molecule has 1 heterocycles. The Balaban J connectivity index is 1.41. The van der Waals surface area contributed by atoms with E-state index in [1.807, 2.05) is 66.7 Å². The number of rotatable bonds is 5. The summed E-state index contributed by atoms with van der Waals surface area (Å²) in [7, 11) is 0. The molecule has 1 N–H and O–H groups in total. The van der Waals surface area contributed by atoms with Crippen LogP contribution in [0.4, 0.5) is 5.69 Å². The van der Waals surface area contributed by atoms with Crippen LogP contribution in [0.3, 0.4) is 0 Å². The molecule has 0 spiro atoms. The monoisotopic (exact) mass is 326 g/mol. The van der Waals surface area contributed by atoms with Crippen molar-refractivity contribution in [3.63, 3.8) is 0 Å². The number of hydrogen-bond donors (Lipinski definition) is 1. The van der Waals surface area contributed by atoms with Crippen LogP contribution in [0.15, 0.2) is 89.4 Å². The molecule has 0 aliphatic carbocycles. The van der Waals surface area contributed by atoms with E-state index in [9.17, 15) is 0 Å². The molecular formula is C22H18N2O. The van der Waals surface area contributed by atoms with Gasteiger partial charge in [-0.25, -0.2) is 4.98 Å². The lowest BCUT2D eigenvalue weighted by molar-refractivity contribution is 0.620. The van der Waals surface area contributed by atoms with Gasteiger partial charge in [0.1, 0.15) is 5.52 Å². The van der Waals surface area contributed by atoms with Crippen LogP contribution >= 0.6 is 0 Å².